The molecule has 1 aromatic rings. The minimum Gasteiger partial charge on any atom is -0.328 e. The van der Waals surface area contributed by atoms with E-state index in [-0.39, 0.29) is 23.3 Å². The summed E-state index contributed by atoms with van der Waals surface area (Å²) < 4.78 is 26.5. The second-order valence-corrected chi connectivity index (χ2v) is 5.99. The van der Waals surface area contributed by atoms with Crippen LogP contribution in [0.15, 0.2) is 23.1 Å². The SMILES string of the molecule is Cc1cc(C#N)ccc1S(=O)(=O)NCCC(C)N.Cl. The molecule has 0 amide bonds. The van der Waals surface area contributed by atoms with Crippen molar-refractivity contribution >= 4 is 22.4 Å². The molecule has 1 aromatic carbocycles. The number of aryl methyl sites for hydroxylation is 1. The van der Waals surface area contributed by atoms with E-state index in [9.17, 15) is 8.42 Å². The molecule has 0 heterocycles. The molecular formula is C12H18ClN3O2S. The highest BCUT2D eigenvalue weighted by atomic mass is 35.5. The van der Waals surface area contributed by atoms with Gasteiger partial charge in [0.2, 0.25) is 10.0 Å². The van der Waals surface area contributed by atoms with Gasteiger partial charge in [-0.15, -0.1) is 12.4 Å². The Morgan fingerprint density at radius 2 is 2.11 bits per heavy atom. The lowest BCUT2D eigenvalue weighted by Crippen LogP contribution is -2.29. The molecule has 1 atom stereocenters. The van der Waals surface area contributed by atoms with Crippen molar-refractivity contribution in [3.05, 3.63) is 29.3 Å². The summed E-state index contributed by atoms with van der Waals surface area (Å²) in [6, 6.07) is 6.42. The molecule has 19 heavy (non-hydrogen) atoms. The van der Waals surface area contributed by atoms with E-state index >= 15 is 0 Å². The zero-order valence-electron chi connectivity index (χ0n) is 10.9. The normalized spacial score (nSPS) is 12.3. The van der Waals surface area contributed by atoms with Crippen LogP contribution < -0.4 is 10.5 Å². The van der Waals surface area contributed by atoms with Crippen LogP contribution in [-0.4, -0.2) is 21.0 Å². The summed E-state index contributed by atoms with van der Waals surface area (Å²) in [6.07, 6.45) is 0.578. The maximum atomic E-state index is 12.0. The molecule has 0 aromatic heterocycles. The van der Waals surface area contributed by atoms with Gasteiger partial charge in [0, 0.05) is 12.6 Å². The number of hydrogen-bond donors (Lipinski definition) is 2. The third-order valence-electron chi connectivity index (χ3n) is 2.49. The van der Waals surface area contributed by atoms with Gasteiger partial charge in [-0.05, 0) is 44.0 Å². The van der Waals surface area contributed by atoms with Crippen molar-refractivity contribution in [2.24, 2.45) is 5.73 Å². The first kappa shape index (κ1) is 17.9. The van der Waals surface area contributed by atoms with Crippen molar-refractivity contribution in [1.82, 2.24) is 4.72 Å². The molecular weight excluding hydrogens is 286 g/mol. The highest BCUT2D eigenvalue weighted by Crippen LogP contribution is 2.16. The fourth-order valence-electron chi connectivity index (χ4n) is 1.52. The monoisotopic (exact) mass is 303 g/mol. The predicted molar refractivity (Wildman–Crippen MR) is 76.6 cm³/mol. The zero-order valence-corrected chi connectivity index (χ0v) is 12.5. The second-order valence-electron chi connectivity index (χ2n) is 4.26. The molecule has 1 rings (SSSR count). The maximum Gasteiger partial charge on any atom is 0.240 e. The van der Waals surface area contributed by atoms with Crippen molar-refractivity contribution in [2.45, 2.75) is 31.2 Å². The number of nitriles is 1. The molecule has 106 valence electrons. The van der Waals surface area contributed by atoms with E-state index in [1.165, 1.54) is 12.1 Å². The van der Waals surface area contributed by atoms with E-state index in [0.29, 0.717) is 24.1 Å². The lowest BCUT2D eigenvalue weighted by Gasteiger charge is -2.10. The quantitative estimate of drug-likeness (QED) is 0.857. The Hall–Kier alpha value is -1.13. The van der Waals surface area contributed by atoms with Crippen LogP contribution in [0.1, 0.15) is 24.5 Å². The second kappa shape index (κ2) is 7.46. The van der Waals surface area contributed by atoms with Crippen LogP contribution in [0.3, 0.4) is 0 Å². The predicted octanol–water partition coefficient (Wildman–Crippen LogP) is 1.30. The van der Waals surface area contributed by atoms with Crippen LogP contribution in [0, 0.1) is 18.3 Å². The lowest BCUT2D eigenvalue weighted by atomic mass is 10.2. The molecule has 5 nitrogen and oxygen atoms in total. The summed E-state index contributed by atoms with van der Waals surface area (Å²) in [6.45, 7) is 3.79. The Kier molecular flexibility index (Phi) is 7.01. The third kappa shape index (κ3) is 5.17. The van der Waals surface area contributed by atoms with Crippen molar-refractivity contribution < 1.29 is 8.42 Å². The van der Waals surface area contributed by atoms with Crippen LogP contribution in [0.25, 0.3) is 0 Å². The largest absolute Gasteiger partial charge is 0.328 e. The van der Waals surface area contributed by atoms with Crippen molar-refractivity contribution in [3.63, 3.8) is 0 Å². The van der Waals surface area contributed by atoms with Crippen LogP contribution in [0.4, 0.5) is 0 Å². The van der Waals surface area contributed by atoms with Gasteiger partial charge in [0.05, 0.1) is 16.5 Å². The van der Waals surface area contributed by atoms with Crippen LogP contribution in [-0.2, 0) is 10.0 Å². The number of sulfonamides is 1. The Morgan fingerprint density at radius 1 is 1.47 bits per heavy atom. The molecule has 0 radical (unpaired) electrons. The summed E-state index contributed by atoms with van der Waals surface area (Å²) >= 11 is 0. The standard InChI is InChI=1S/C12H17N3O2S.ClH/c1-9-7-11(8-13)3-4-12(9)18(16,17)15-6-5-10(2)14;/h3-4,7,10,15H,5-6,14H2,1-2H3;1H. The average Bonchev–Trinajstić information content (AvgIpc) is 2.27. The number of rotatable bonds is 5. The highest BCUT2D eigenvalue weighted by Gasteiger charge is 2.16. The van der Waals surface area contributed by atoms with E-state index < -0.39 is 10.0 Å². The molecule has 0 fully saturated rings. The smallest absolute Gasteiger partial charge is 0.240 e. The first-order valence-electron chi connectivity index (χ1n) is 5.63. The molecule has 3 N–H and O–H groups in total. The Balaban J connectivity index is 0.00000324. The summed E-state index contributed by atoms with van der Waals surface area (Å²) in [7, 11) is -3.53. The van der Waals surface area contributed by atoms with Gasteiger partial charge in [-0.25, -0.2) is 13.1 Å². The summed E-state index contributed by atoms with van der Waals surface area (Å²) in [5.41, 5.74) is 6.56. The van der Waals surface area contributed by atoms with Gasteiger partial charge in [-0.1, -0.05) is 0 Å². The van der Waals surface area contributed by atoms with Crippen LogP contribution >= 0.6 is 12.4 Å². The first-order chi connectivity index (χ1) is 8.36. The van der Waals surface area contributed by atoms with E-state index in [0.717, 1.165) is 0 Å². The highest BCUT2D eigenvalue weighted by molar-refractivity contribution is 7.89. The van der Waals surface area contributed by atoms with Gasteiger partial charge in [0.1, 0.15) is 0 Å². The van der Waals surface area contributed by atoms with Gasteiger partial charge in [0.25, 0.3) is 0 Å². The summed E-state index contributed by atoms with van der Waals surface area (Å²) in [5, 5.41) is 8.73. The van der Waals surface area contributed by atoms with Gasteiger partial charge < -0.3 is 5.73 Å². The van der Waals surface area contributed by atoms with Crippen molar-refractivity contribution in [3.8, 4) is 6.07 Å². The molecule has 0 bridgehead atoms. The Morgan fingerprint density at radius 3 is 2.58 bits per heavy atom. The van der Waals surface area contributed by atoms with Gasteiger partial charge in [0.15, 0.2) is 0 Å². The lowest BCUT2D eigenvalue weighted by molar-refractivity contribution is 0.571. The fourth-order valence-corrected chi connectivity index (χ4v) is 2.79. The molecule has 1 unspecified atom stereocenters. The van der Waals surface area contributed by atoms with E-state index in [1.807, 2.05) is 13.0 Å². The third-order valence-corrected chi connectivity index (χ3v) is 4.11. The average molecular weight is 304 g/mol. The molecule has 0 saturated carbocycles. The number of hydrogen-bond acceptors (Lipinski definition) is 4. The fraction of sp³-hybridized carbons (Fsp3) is 0.417. The summed E-state index contributed by atoms with van der Waals surface area (Å²) in [4.78, 5) is 0.200. The Labute approximate surface area is 120 Å². The van der Waals surface area contributed by atoms with Gasteiger partial charge in [-0.2, -0.15) is 5.26 Å². The Bertz CT molecular complexity index is 565. The minimum absolute atomic E-state index is 0. The number of halogens is 1. The maximum absolute atomic E-state index is 12.0. The minimum atomic E-state index is -3.53. The van der Waals surface area contributed by atoms with E-state index in [2.05, 4.69) is 4.72 Å². The van der Waals surface area contributed by atoms with E-state index in [1.54, 1.807) is 13.0 Å². The van der Waals surface area contributed by atoms with Gasteiger partial charge >= 0.3 is 0 Å². The number of nitrogens with two attached hydrogens (primary N) is 1. The molecule has 0 spiro atoms. The number of nitrogens with one attached hydrogen (secondary N) is 1. The van der Waals surface area contributed by atoms with Crippen molar-refractivity contribution in [2.75, 3.05) is 6.54 Å². The molecule has 0 aliphatic heterocycles. The van der Waals surface area contributed by atoms with Crippen LogP contribution in [0.2, 0.25) is 0 Å². The molecule has 0 aliphatic carbocycles. The molecule has 0 aliphatic rings. The summed E-state index contributed by atoms with van der Waals surface area (Å²) in [5.74, 6) is 0. The van der Waals surface area contributed by atoms with Crippen molar-refractivity contribution in [1.29, 1.82) is 5.26 Å². The van der Waals surface area contributed by atoms with Crippen LogP contribution in [0.5, 0.6) is 0 Å². The number of benzene rings is 1. The molecule has 7 heteroatoms. The zero-order chi connectivity index (χ0) is 13.8. The number of nitrogens with zero attached hydrogens (tertiary/aromatic N) is 1. The topological polar surface area (TPSA) is 96.0 Å². The van der Waals surface area contributed by atoms with Gasteiger partial charge in [-0.3, -0.25) is 0 Å². The first-order valence-corrected chi connectivity index (χ1v) is 7.11. The molecule has 0 saturated heterocycles. The van der Waals surface area contributed by atoms with E-state index in [4.69, 9.17) is 11.0 Å².